The summed E-state index contributed by atoms with van der Waals surface area (Å²) in [6, 6.07) is 2.10. The Kier molecular flexibility index (Phi) is 6.34. The number of hydrogen-bond acceptors (Lipinski definition) is 3. The monoisotopic (exact) mass is 350 g/mol. The lowest BCUT2D eigenvalue weighted by Gasteiger charge is -2.23. The molecule has 124 valence electrons. The van der Waals surface area contributed by atoms with Crippen LogP contribution in [-0.4, -0.2) is 39.4 Å². The van der Waals surface area contributed by atoms with Crippen molar-refractivity contribution in [1.82, 2.24) is 9.62 Å². The van der Waals surface area contributed by atoms with Crippen LogP contribution in [0.1, 0.15) is 20.3 Å². The van der Waals surface area contributed by atoms with Gasteiger partial charge in [-0.05, 0) is 30.5 Å². The van der Waals surface area contributed by atoms with E-state index < -0.39 is 21.9 Å². The van der Waals surface area contributed by atoms with Crippen LogP contribution < -0.4 is 4.72 Å². The number of carbonyl (C=O) groups excluding carboxylic acids is 1. The van der Waals surface area contributed by atoms with E-state index in [9.17, 15) is 17.6 Å². The molecule has 0 heterocycles. The highest BCUT2D eigenvalue weighted by Crippen LogP contribution is 2.23. The molecule has 0 aliphatic heterocycles. The number of amides is 1. The molecule has 0 aliphatic rings. The molecule has 1 aromatic carbocycles. The molecule has 0 radical (unpaired) electrons. The van der Waals surface area contributed by atoms with Crippen molar-refractivity contribution in [1.29, 1.82) is 0 Å². The highest BCUT2D eigenvalue weighted by molar-refractivity contribution is 7.89. The van der Waals surface area contributed by atoms with Crippen LogP contribution in [0.2, 0.25) is 5.02 Å². The van der Waals surface area contributed by atoms with Crippen molar-refractivity contribution in [2.45, 2.75) is 31.2 Å². The maximum absolute atomic E-state index is 13.0. The fourth-order valence-electron chi connectivity index (χ4n) is 1.93. The summed E-state index contributed by atoms with van der Waals surface area (Å²) < 4.78 is 40.2. The summed E-state index contributed by atoms with van der Waals surface area (Å²) in [6.45, 7) is 3.77. The predicted octanol–water partition coefficient (Wildman–Crippen LogP) is 2.26. The molecule has 1 N–H and O–H groups in total. The van der Waals surface area contributed by atoms with Gasteiger partial charge in [0.15, 0.2) is 0 Å². The standard InChI is InChI=1S/C14H20ClFN2O3S/c1-9(2)7-12(14(19)18(3)4)17-22(20,21)13-6-5-10(16)8-11(13)15/h5-6,8-9,12,17H,7H2,1-4H3/t12-/m0/s1. The Morgan fingerprint density at radius 2 is 1.95 bits per heavy atom. The first-order chi connectivity index (χ1) is 10.0. The summed E-state index contributed by atoms with van der Waals surface area (Å²) in [4.78, 5) is 13.2. The average molecular weight is 351 g/mol. The zero-order valence-corrected chi connectivity index (χ0v) is 14.5. The van der Waals surface area contributed by atoms with E-state index in [1.54, 1.807) is 14.1 Å². The molecule has 0 unspecified atom stereocenters. The van der Waals surface area contributed by atoms with E-state index in [2.05, 4.69) is 4.72 Å². The molecule has 1 amide bonds. The number of halogens is 2. The third-order valence-corrected chi connectivity index (χ3v) is 4.88. The second-order valence-corrected chi connectivity index (χ2v) is 7.70. The second-order valence-electron chi connectivity index (χ2n) is 5.61. The Balaban J connectivity index is 3.12. The number of hydrogen-bond donors (Lipinski definition) is 1. The lowest BCUT2D eigenvalue weighted by atomic mass is 10.0. The van der Waals surface area contributed by atoms with E-state index in [-0.39, 0.29) is 21.7 Å². The van der Waals surface area contributed by atoms with Gasteiger partial charge in [-0.3, -0.25) is 4.79 Å². The van der Waals surface area contributed by atoms with Gasteiger partial charge in [0, 0.05) is 14.1 Å². The van der Waals surface area contributed by atoms with Crippen LogP contribution in [0.3, 0.4) is 0 Å². The number of carbonyl (C=O) groups is 1. The molecule has 8 heteroatoms. The van der Waals surface area contributed by atoms with Gasteiger partial charge in [0.2, 0.25) is 15.9 Å². The number of benzene rings is 1. The number of sulfonamides is 1. The van der Waals surface area contributed by atoms with Crippen LogP contribution in [0.25, 0.3) is 0 Å². The zero-order valence-electron chi connectivity index (χ0n) is 12.9. The summed E-state index contributed by atoms with van der Waals surface area (Å²) in [5, 5.41) is -0.229. The van der Waals surface area contributed by atoms with Crippen molar-refractivity contribution in [2.24, 2.45) is 5.92 Å². The van der Waals surface area contributed by atoms with Gasteiger partial charge in [-0.15, -0.1) is 0 Å². The van der Waals surface area contributed by atoms with E-state index in [1.807, 2.05) is 13.8 Å². The van der Waals surface area contributed by atoms with Crippen molar-refractivity contribution in [2.75, 3.05) is 14.1 Å². The number of likely N-dealkylation sites (N-methyl/N-ethyl adjacent to an activating group) is 1. The third-order valence-electron chi connectivity index (χ3n) is 2.93. The second kappa shape index (κ2) is 7.39. The third kappa shape index (κ3) is 4.93. The maximum Gasteiger partial charge on any atom is 0.242 e. The normalized spacial score (nSPS) is 13.2. The predicted molar refractivity (Wildman–Crippen MR) is 83.7 cm³/mol. The first kappa shape index (κ1) is 18.9. The summed E-state index contributed by atoms with van der Waals surface area (Å²) in [5.74, 6) is -0.872. The molecule has 5 nitrogen and oxygen atoms in total. The van der Waals surface area contributed by atoms with Crippen molar-refractivity contribution < 1.29 is 17.6 Å². The van der Waals surface area contributed by atoms with Crippen LogP contribution in [0.4, 0.5) is 4.39 Å². The number of nitrogens with zero attached hydrogens (tertiary/aromatic N) is 1. The molecule has 22 heavy (non-hydrogen) atoms. The molecule has 0 saturated heterocycles. The van der Waals surface area contributed by atoms with Gasteiger partial charge in [0.1, 0.15) is 16.8 Å². The van der Waals surface area contributed by atoms with Gasteiger partial charge < -0.3 is 4.90 Å². The lowest BCUT2D eigenvalue weighted by Crippen LogP contribution is -2.46. The molecule has 1 aromatic rings. The van der Waals surface area contributed by atoms with Crippen LogP contribution in [0.15, 0.2) is 23.1 Å². The van der Waals surface area contributed by atoms with E-state index in [4.69, 9.17) is 11.6 Å². The molecule has 0 saturated carbocycles. The van der Waals surface area contributed by atoms with Gasteiger partial charge >= 0.3 is 0 Å². The minimum atomic E-state index is -4.03. The first-order valence-electron chi connectivity index (χ1n) is 6.73. The minimum absolute atomic E-state index is 0.111. The summed E-state index contributed by atoms with van der Waals surface area (Å²) in [6.07, 6.45) is 0.342. The van der Waals surface area contributed by atoms with Gasteiger partial charge in [-0.2, -0.15) is 4.72 Å². The van der Waals surface area contributed by atoms with Crippen LogP contribution in [0.5, 0.6) is 0 Å². The van der Waals surface area contributed by atoms with Gasteiger partial charge in [-0.1, -0.05) is 25.4 Å². The van der Waals surface area contributed by atoms with Crippen LogP contribution in [-0.2, 0) is 14.8 Å². The van der Waals surface area contributed by atoms with Crippen LogP contribution in [0, 0.1) is 11.7 Å². The summed E-state index contributed by atoms with van der Waals surface area (Å²) in [5.41, 5.74) is 0. The molecule has 1 atom stereocenters. The molecule has 0 fully saturated rings. The Morgan fingerprint density at radius 1 is 1.36 bits per heavy atom. The topological polar surface area (TPSA) is 66.5 Å². The Morgan fingerprint density at radius 3 is 2.41 bits per heavy atom. The molecule has 0 aliphatic carbocycles. The number of nitrogens with one attached hydrogen (secondary N) is 1. The Hall–Kier alpha value is -1.18. The molecule has 0 spiro atoms. The van der Waals surface area contributed by atoms with Crippen LogP contribution >= 0.6 is 11.6 Å². The zero-order chi connectivity index (χ0) is 17.1. The van der Waals surface area contributed by atoms with E-state index >= 15 is 0 Å². The fraction of sp³-hybridized carbons (Fsp3) is 0.500. The molecular weight excluding hydrogens is 331 g/mol. The largest absolute Gasteiger partial charge is 0.347 e. The van der Waals surface area contributed by atoms with Gasteiger partial charge in [0.25, 0.3) is 0 Å². The lowest BCUT2D eigenvalue weighted by molar-refractivity contribution is -0.130. The summed E-state index contributed by atoms with van der Waals surface area (Å²) >= 11 is 5.79. The van der Waals surface area contributed by atoms with Crippen molar-refractivity contribution in [3.8, 4) is 0 Å². The van der Waals surface area contributed by atoms with Gasteiger partial charge in [-0.25, -0.2) is 12.8 Å². The number of rotatable bonds is 6. The van der Waals surface area contributed by atoms with E-state index in [1.165, 1.54) is 4.90 Å². The van der Waals surface area contributed by atoms with Gasteiger partial charge in [0.05, 0.1) is 5.02 Å². The molecule has 1 rings (SSSR count). The Labute approximate surface area is 135 Å². The smallest absolute Gasteiger partial charge is 0.242 e. The van der Waals surface area contributed by atoms with E-state index in [0.29, 0.717) is 6.42 Å². The minimum Gasteiger partial charge on any atom is -0.347 e. The SMILES string of the molecule is CC(C)C[C@H](NS(=O)(=O)c1ccc(F)cc1Cl)C(=O)N(C)C. The van der Waals surface area contributed by atoms with E-state index in [0.717, 1.165) is 18.2 Å². The molecule has 0 aromatic heterocycles. The van der Waals surface area contributed by atoms with Crippen molar-refractivity contribution in [3.05, 3.63) is 29.0 Å². The first-order valence-corrected chi connectivity index (χ1v) is 8.59. The average Bonchev–Trinajstić information content (AvgIpc) is 2.35. The highest BCUT2D eigenvalue weighted by Gasteiger charge is 2.28. The summed E-state index contributed by atoms with van der Waals surface area (Å²) in [7, 11) is -0.926. The fourth-order valence-corrected chi connectivity index (χ4v) is 3.66. The molecular formula is C14H20ClFN2O3S. The molecule has 0 bridgehead atoms. The van der Waals surface area contributed by atoms with Crippen molar-refractivity contribution in [3.63, 3.8) is 0 Å². The Bertz CT molecular complexity index is 647. The van der Waals surface area contributed by atoms with Crippen molar-refractivity contribution >= 4 is 27.5 Å². The highest BCUT2D eigenvalue weighted by atomic mass is 35.5. The quantitative estimate of drug-likeness (QED) is 0.855. The maximum atomic E-state index is 13.0.